The van der Waals surface area contributed by atoms with E-state index in [4.69, 9.17) is 0 Å². The second kappa shape index (κ2) is 5.49. The van der Waals surface area contributed by atoms with Crippen LogP contribution in [0.5, 0.6) is 11.5 Å². The Balaban J connectivity index is 1.93. The number of aromatic hydroxyl groups is 2. The zero-order valence-corrected chi connectivity index (χ0v) is 13.0. The van der Waals surface area contributed by atoms with Crippen LogP contribution in [-0.2, 0) is 0 Å². The summed E-state index contributed by atoms with van der Waals surface area (Å²) in [6.07, 6.45) is 0. The largest absolute Gasteiger partial charge is 0.507 e. The monoisotopic (exact) mass is 331 g/mol. The van der Waals surface area contributed by atoms with Gasteiger partial charge in [0.2, 0.25) is 5.78 Å². The van der Waals surface area contributed by atoms with Crippen LogP contribution in [-0.4, -0.2) is 21.8 Å². The number of carbonyl (C=O) groups is 2. The number of hydrogen-bond donors (Lipinski definition) is 3. The van der Waals surface area contributed by atoms with E-state index < -0.39 is 11.6 Å². The van der Waals surface area contributed by atoms with Gasteiger partial charge in [0.15, 0.2) is 5.78 Å². The third kappa shape index (κ3) is 2.25. The molecule has 0 saturated heterocycles. The fourth-order valence-corrected chi connectivity index (χ4v) is 3.07. The van der Waals surface area contributed by atoms with Crippen LogP contribution in [0.4, 0.5) is 11.4 Å². The molecule has 0 heterocycles. The predicted octanol–water partition coefficient (Wildman–Crippen LogP) is 3.62. The SMILES string of the molecule is O=C1c2c(O)cccc2C(=O)c2c(Nc3ccccc3)ccc(O)c21. The molecule has 4 rings (SSSR count). The summed E-state index contributed by atoms with van der Waals surface area (Å²) >= 11 is 0. The molecule has 0 spiro atoms. The number of phenolic OH excluding ortho intramolecular Hbond substituents is 2. The molecule has 0 fully saturated rings. The van der Waals surface area contributed by atoms with Crippen molar-refractivity contribution in [2.24, 2.45) is 0 Å². The second-order valence-corrected chi connectivity index (χ2v) is 5.73. The molecule has 1 aliphatic carbocycles. The molecule has 5 nitrogen and oxygen atoms in total. The summed E-state index contributed by atoms with van der Waals surface area (Å²) in [6.45, 7) is 0. The van der Waals surface area contributed by atoms with Gasteiger partial charge >= 0.3 is 0 Å². The molecular formula is C20H13NO4. The molecule has 0 atom stereocenters. The Morgan fingerprint density at radius 3 is 2.12 bits per heavy atom. The quantitative estimate of drug-likeness (QED) is 0.488. The topological polar surface area (TPSA) is 86.6 Å². The summed E-state index contributed by atoms with van der Waals surface area (Å²) in [5.41, 5.74) is 1.22. The molecule has 0 amide bonds. The van der Waals surface area contributed by atoms with Gasteiger partial charge in [-0.3, -0.25) is 9.59 Å². The lowest BCUT2D eigenvalue weighted by molar-refractivity contribution is 0.0975. The van der Waals surface area contributed by atoms with Gasteiger partial charge < -0.3 is 15.5 Å². The number of carbonyl (C=O) groups excluding carboxylic acids is 2. The van der Waals surface area contributed by atoms with Crippen LogP contribution >= 0.6 is 0 Å². The molecule has 0 unspecified atom stereocenters. The number of nitrogens with one attached hydrogen (secondary N) is 1. The summed E-state index contributed by atoms with van der Waals surface area (Å²) in [7, 11) is 0. The Morgan fingerprint density at radius 2 is 1.36 bits per heavy atom. The number of phenols is 2. The predicted molar refractivity (Wildman–Crippen MR) is 92.8 cm³/mol. The first-order valence-electron chi connectivity index (χ1n) is 7.67. The Bertz CT molecular complexity index is 1030. The van der Waals surface area contributed by atoms with Crippen LogP contribution in [0.3, 0.4) is 0 Å². The highest BCUT2D eigenvalue weighted by atomic mass is 16.3. The van der Waals surface area contributed by atoms with Gasteiger partial charge in [0.05, 0.1) is 22.4 Å². The third-order valence-corrected chi connectivity index (χ3v) is 4.20. The molecule has 0 aromatic heterocycles. The molecule has 0 radical (unpaired) electrons. The summed E-state index contributed by atoms with van der Waals surface area (Å²) in [4.78, 5) is 25.8. The number of hydrogen-bond acceptors (Lipinski definition) is 5. The lowest BCUT2D eigenvalue weighted by Gasteiger charge is -2.22. The normalized spacial score (nSPS) is 12.5. The molecular weight excluding hydrogens is 318 g/mol. The van der Waals surface area contributed by atoms with Crippen LogP contribution in [0.25, 0.3) is 0 Å². The van der Waals surface area contributed by atoms with Crippen LogP contribution in [0.1, 0.15) is 31.8 Å². The number of fused-ring (bicyclic) bond motifs is 2. The van der Waals surface area contributed by atoms with Crippen molar-refractivity contribution in [3.63, 3.8) is 0 Å². The summed E-state index contributed by atoms with van der Waals surface area (Å²) in [6, 6.07) is 16.5. The average Bonchev–Trinajstić information content (AvgIpc) is 2.62. The van der Waals surface area contributed by atoms with Crippen molar-refractivity contribution in [2.45, 2.75) is 0 Å². The van der Waals surface area contributed by atoms with E-state index in [0.717, 1.165) is 5.69 Å². The van der Waals surface area contributed by atoms with Gasteiger partial charge in [-0.1, -0.05) is 30.3 Å². The molecule has 3 aromatic carbocycles. The number of rotatable bonds is 2. The van der Waals surface area contributed by atoms with Crippen LogP contribution in [0.15, 0.2) is 60.7 Å². The third-order valence-electron chi connectivity index (χ3n) is 4.20. The standard InChI is InChI=1S/C20H13NO4/c22-14-8-4-7-12-16(14)20(25)18-15(23)10-9-13(17(18)19(12)24)21-11-5-2-1-3-6-11/h1-10,21-23H. The first-order valence-corrected chi connectivity index (χ1v) is 7.67. The van der Waals surface area contributed by atoms with E-state index in [2.05, 4.69) is 5.32 Å². The highest BCUT2D eigenvalue weighted by Gasteiger charge is 2.35. The van der Waals surface area contributed by atoms with Gasteiger partial charge in [0, 0.05) is 11.3 Å². The van der Waals surface area contributed by atoms with Crippen molar-refractivity contribution in [3.8, 4) is 11.5 Å². The van der Waals surface area contributed by atoms with Gasteiger partial charge in [-0.15, -0.1) is 0 Å². The van der Waals surface area contributed by atoms with Crippen molar-refractivity contribution in [1.82, 2.24) is 0 Å². The van der Waals surface area contributed by atoms with Crippen molar-refractivity contribution >= 4 is 22.9 Å². The van der Waals surface area contributed by atoms with Crippen molar-refractivity contribution in [3.05, 3.63) is 82.9 Å². The van der Waals surface area contributed by atoms with Crippen LogP contribution in [0, 0.1) is 0 Å². The molecule has 122 valence electrons. The lowest BCUT2D eigenvalue weighted by Crippen LogP contribution is -2.22. The minimum absolute atomic E-state index is 0.0767. The van der Waals surface area contributed by atoms with E-state index in [0.29, 0.717) is 5.69 Å². The van der Waals surface area contributed by atoms with E-state index in [-0.39, 0.29) is 33.8 Å². The molecule has 3 aromatic rings. The maximum absolute atomic E-state index is 13.0. The van der Waals surface area contributed by atoms with Crippen molar-refractivity contribution in [2.75, 3.05) is 5.32 Å². The zero-order valence-electron chi connectivity index (χ0n) is 13.0. The Hall–Kier alpha value is -3.60. The second-order valence-electron chi connectivity index (χ2n) is 5.73. The summed E-state index contributed by atoms with van der Waals surface area (Å²) in [5, 5.41) is 23.3. The van der Waals surface area contributed by atoms with Crippen molar-refractivity contribution < 1.29 is 19.8 Å². The minimum atomic E-state index is -0.572. The van der Waals surface area contributed by atoms with Crippen LogP contribution in [0.2, 0.25) is 0 Å². The molecule has 0 aliphatic heterocycles. The summed E-state index contributed by atoms with van der Waals surface area (Å²) < 4.78 is 0. The van der Waals surface area contributed by atoms with E-state index in [1.165, 1.54) is 24.3 Å². The highest BCUT2D eigenvalue weighted by molar-refractivity contribution is 6.32. The molecule has 25 heavy (non-hydrogen) atoms. The first-order chi connectivity index (χ1) is 12.1. The Labute approximate surface area is 143 Å². The Morgan fingerprint density at radius 1 is 0.640 bits per heavy atom. The highest BCUT2D eigenvalue weighted by Crippen LogP contribution is 2.40. The smallest absolute Gasteiger partial charge is 0.202 e. The van der Waals surface area contributed by atoms with Gasteiger partial charge in [-0.2, -0.15) is 0 Å². The van der Waals surface area contributed by atoms with E-state index in [1.54, 1.807) is 6.07 Å². The first kappa shape index (κ1) is 15.0. The van der Waals surface area contributed by atoms with Crippen LogP contribution < -0.4 is 5.32 Å². The number of ketones is 2. The fourth-order valence-electron chi connectivity index (χ4n) is 3.07. The minimum Gasteiger partial charge on any atom is -0.507 e. The van der Waals surface area contributed by atoms with E-state index >= 15 is 0 Å². The molecule has 0 saturated carbocycles. The van der Waals surface area contributed by atoms with Crippen molar-refractivity contribution in [1.29, 1.82) is 0 Å². The molecule has 1 aliphatic rings. The number of benzene rings is 3. The lowest BCUT2D eigenvalue weighted by atomic mass is 9.82. The maximum atomic E-state index is 13.0. The average molecular weight is 331 g/mol. The fraction of sp³-hybridized carbons (Fsp3) is 0. The number of para-hydroxylation sites is 1. The Kier molecular flexibility index (Phi) is 3.28. The van der Waals surface area contributed by atoms with Gasteiger partial charge in [0.1, 0.15) is 11.5 Å². The van der Waals surface area contributed by atoms with E-state index in [9.17, 15) is 19.8 Å². The molecule has 5 heteroatoms. The van der Waals surface area contributed by atoms with Gasteiger partial charge in [-0.05, 0) is 30.3 Å². The zero-order chi connectivity index (χ0) is 17.6. The maximum Gasteiger partial charge on any atom is 0.202 e. The molecule has 3 N–H and O–H groups in total. The van der Waals surface area contributed by atoms with Gasteiger partial charge in [-0.25, -0.2) is 0 Å². The number of anilines is 2. The van der Waals surface area contributed by atoms with Gasteiger partial charge in [0.25, 0.3) is 0 Å². The molecule has 0 bridgehead atoms. The summed E-state index contributed by atoms with van der Waals surface area (Å²) in [5.74, 6) is -1.56. The van der Waals surface area contributed by atoms with E-state index in [1.807, 2.05) is 30.3 Å².